The summed E-state index contributed by atoms with van der Waals surface area (Å²) in [6.45, 7) is 5.55. The molecule has 8 nitrogen and oxygen atoms in total. The third-order valence-electron chi connectivity index (χ3n) is 5.77. The van der Waals surface area contributed by atoms with E-state index in [1.165, 1.54) is 25.7 Å². The van der Waals surface area contributed by atoms with Crippen LogP contribution in [0.25, 0.3) is 0 Å². The first-order chi connectivity index (χ1) is 14.4. The van der Waals surface area contributed by atoms with Crippen molar-refractivity contribution in [2.24, 2.45) is 11.7 Å². The third-order valence-corrected chi connectivity index (χ3v) is 5.77. The van der Waals surface area contributed by atoms with Crippen molar-refractivity contribution in [3.8, 4) is 0 Å². The van der Waals surface area contributed by atoms with Crippen LogP contribution in [0.5, 0.6) is 0 Å². The van der Waals surface area contributed by atoms with E-state index in [1.54, 1.807) is 0 Å². The minimum atomic E-state index is -5.08. The lowest BCUT2D eigenvalue weighted by molar-refractivity contribution is -0.192. The molecule has 2 aliphatic rings. The summed E-state index contributed by atoms with van der Waals surface area (Å²) in [6, 6.07) is 0.326. The number of aliphatic carboxylic acids is 1. The molecule has 0 bridgehead atoms. The summed E-state index contributed by atoms with van der Waals surface area (Å²) in [4.78, 5) is 23.7. The van der Waals surface area contributed by atoms with Crippen molar-refractivity contribution in [3.05, 3.63) is 11.9 Å². The molecule has 1 saturated heterocycles. The van der Waals surface area contributed by atoms with Gasteiger partial charge in [0.25, 0.3) is 0 Å². The molecular formula is C20H32F3N5O3. The number of carbonyl (C=O) groups excluding carboxylic acids is 1. The summed E-state index contributed by atoms with van der Waals surface area (Å²) in [5, 5.41) is 15.6. The molecule has 2 fully saturated rings. The van der Waals surface area contributed by atoms with Crippen molar-refractivity contribution in [2.45, 2.75) is 83.0 Å². The van der Waals surface area contributed by atoms with Crippen LogP contribution in [0.1, 0.15) is 76.9 Å². The summed E-state index contributed by atoms with van der Waals surface area (Å²) in [5.41, 5.74) is 6.44. The summed E-state index contributed by atoms with van der Waals surface area (Å²) in [7, 11) is 0. The SMILES string of the molecule is CC(C)(N)c1cn(C2CCN(C(=O)C3CCCCCC3)CC2)nn1.O=C(O)C(F)(F)F. The Morgan fingerprint density at radius 1 is 1.06 bits per heavy atom. The number of aromatic nitrogens is 3. The Labute approximate surface area is 180 Å². The van der Waals surface area contributed by atoms with Gasteiger partial charge in [-0.25, -0.2) is 9.48 Å². The topological polar surface area (TPSA) is 114 Å². The second-order valence-electron chi connectivity index (χ2n) is 8.85. The first kappa shape index (κ1) is 25.1. The van der Waals surface area contributed by atoms with Crippen LogP contribution < -0.4 is 5.73 Å². The number of carboxylic acids is 1. The van der Waals surface area contributed by atoms with E-state index in [-0.39, 0.29) is 5.92 Å². The normalized spacial score (nSPS) is 19.4. The largest absolute Gasteiger partial charge is 0.490 e. The van der Waals surface area contributed by atoms with Gasteiger partial charge in [0.2, 0.25) is 5.91 Å². The molecule has 1 aliphatic carbocycles. The smallest absolute Gasteiger partial charge is 0.475 e. The van der Waals surface area contributed by atoms with Gasteiger partial charge in [-0.05, 0) is 39.5 Å². The standard InChI is InChI=1S/C18H31N5O.C2HF3O2/c1-18(2,19)16-13-23(21-20-16)15-9-11-22(12-10-15)17(24)14-7-5-3-4-6-8-14;3-2(4,5)1(6)7/h13-15H,3-12,19H2,1-2H3;(H,6,7). The predicted molar refractivity (Wildman–Crippen MR) is 107 cm³/mol. The molecule has 2 heterocycles. The summed E-state index contributed by atoms with van der Waals surface area (Å²) in [5.74, 6) is -2.11. The lowest BCUT2D eigenvalue weighted by atomic mass is 9.96. The van der Waals surface area contributed by atoms with E-state index < -0.39 is 17.7 Å². The maximum Gasteiger partial charge on any atom is 0.490 e. The highest BCUT2D eigenvalue weighted by atomic mass is 19.4. The zero-order valence-corrected chi connectivity index (χ0v) is 18.1. The first-order valence-corrected chi connectivity index (χ1v) is 10.7. The fourth-order valence-electron chi connectivity index (χ4n) is 3.89. The number of carboxylic acid groups (broad SMARTS) is 1. The van der Waals surface area contributed by atoms with Gasteiger partial charge < -0.3 is 15.7 Å². The number of amides is 1. The average molecular weight is 448 g/mol. The molecule has 176 valence electrons. The van der Waals surface area contributed by atoms with Crippen molar-refractivity contribution in [3.63, 3.8) is 0 Å². The van der Waals surface area contributed by atoms with Gasteiger partial charge in [0.1, 0.15) is 5.69 Å². The van der Waals surface area contributed by atoms with Gasteiger partial charge >= 0.3 is 12.1 Å². The van der Waals surface area contributed by atoms with Gasteiger partial charge in [0, 0.05) is 19.0 Å². The van der Waals surface area contributed by atoms with E-state index in [0.29, 0.717) is 11.9 Å². The maximum absolute atomic E-state index is 12.8. The number of rotatable bonds is 3. The Kier molecular flexibility index (Phi) is 8.44. The molecule has 31 heavy (non-hydrogen) atoms. The summed E-state index contributed by atoms with van der Waals surface area (Å²) in [6.07, 6.45) is 5.95. The number of likely N-dealkylation sites (tertiary alicyclic amines) is 1. The quantitative estimate of drug-likeness (QED) is 0.688. The maximum atomic E-state index is 12.8. The average Bonchev–Trinajstić information content (AvgIpc) is 3.04. The molecule has 0 radical (unpaired) electrons. The van der Waals surface area contributed by atoms with E-state index >= 15 is 0 Å². The summed E-state index contributed by atoms with van der Waals surface area (Å²) >= 11 is 0. The van der Waals surface area contributed by atoms with Crippen molar-refractivity contribution in [2.75, 3.05) is 13.1 Å². The molecular weight excluding hydrogens is 415 g/mol. The highest BCUT2D eigenvalue weighted by Crippen LogP contribution is 2.28. The predicted octanol–water partition coefficient (Wildman–Crippen LogP) is 3.24. The van der Waals surface area contributed by atoms with Crippen LogP contribution in [0.3, 0.4) is 0 Å². The fraction of sp³-hybridized carbons (Fsp3) is 0.800. The molecule has 3 N–H and O–H groups in total. The van der Waals surface area contributed by atoms with E-state index in [1.807, 2.05) is 24.7 Å². The number of carbonyl (C=O) groups is 2. The third kappa shape index (κ3) is 7.48. The van der Waals surface area contributed by atoms with Crippen LogP contribution in [0.4, 0.5) is 13.2 Å². The molecule has 1 amide bonds. The first-order valence-electron chi connectivity index (χ1n) is 10.7. The van der Waals surface area contributed by atoms with E-state index in [9.17, 15) is 18.0 Å². The van der Waals surface area contributed by atoms with Crippen molar-refractivity contribution in [1.29, 1.82) is 0 Å². The van der Waals surface area contributed by atoms with Crippen LogP contribution >= 0.6 is 0 Å². The second-order valence-corrected chi connectivity index (χ2v) is 8.85. The van der Waals surface area contributed by atoms with Gasteiger partial charge in [0.15, 0.2) is 0 Å². The van der Waals surface area contributed by atoms with Crippen LogP contribution in [-0.4, -0.2) is 56.1 Å². The van der Waals surface area contributed by atoms with Gasteiger partial charge in [-0.3, -0.25) is 4.79 Å². The van der Waals surface area contributed by atoms with Crippen LogP contribution in [0.2, 0.25) is 0 Å². The summed E-state index contributed by atoms with van der Waals surface area (Å²) < 4.78 is 33.7. The van der Waals surface area contributed by atoms with E-state index in [2.05, 4.69) is 15.2 Å². The monoisotopic (exact) mass is 447 g/mol. The van der Waals surface area contributed by atoms with Crippen molar-refractivity contribution < 1.29 is 27.9 Å². The molecule has 0 unspecified atom stereocenters. The fourth-order valence-corrected chi connectivity index (χ4v) is 3.89. The van der Waals surface area contributed by atoms with Crippen molar-refractivity contribution in [1.82, 2.24) is 19.9 Å². The zero-order chi connectivity index (χ0) is 23.2. The minimum absolute atomic E-state index is 0.264. The molecule has 3 rings (SSSR count). The number of piperidine rings is 1. The molecule has 0 aromatic carbocycles. The minimum Gasteiger partial charge on any atom is -0.475 e. The molecule has 1 aliphatic heterocycles. The van der Waals surface area contributed by atoms with Crippen LogP contribution in [-0.2, 0) is 15.1 Å². The zero-order valence-electron chi connectivity index (χ0n) is 18.1. The van der Waals surface area contributed by atoms with Gasteiger partial charge in [0.05, 0.1) is 17.8 Å². The van der Waals surface area contributed by atoms with E-state index in [4.69, 9.17) is 15.6 Å². The van der Waals surface area contributed by atoms with E-state index in [0.717, 1.165) is 44.5 Å². The number of hydrogen-bond donors (Lipinski definition) is 2. The second kappa shape index (κ2) is 10.4. The lowest BCUT2D eigenvalue weighted by Crippen LogP contribution is -2.42. The number of hydrogen-bond acceptors (Lipinski definition) is 5. The highest BCUT2D eigenvalue weighted by molar-refractivity contribution is 5.79. The number of nitrogens with two attached hydrogens (primary N) is 1. The molecule has 1 aromatic heterocycles. The van der Waals surface area contributed by atoms with Gasteiger partial charge in [-0.2, -0.15) is 13.2 Å². The Hall–Kier alpha value is -2.17. The lowest BCUT2D eigenvalue weighted by Gasteiger charge is -2.34. The van der Waals surface area contributed by atoms with Crippen LogP contribution in [0, 0.1) is 5.92 Å². The molecule has 1 saturated carbocycles. The Bertz CT molecular complexity index is 729. The molecule has 11 heteroatoms. The Balaban J connectivity index is 0.000000423. The van der Waals surface area contributed by atoms with Crippen LogP contribution in [0.15, 0.2) is 6.20 Å². The Morgan fingerprint density at radius 3 is 2.00 bits per heavy atom. The Morgan fingerprint density at radius 2 is 1.58 bits per heavy atom. The molecule has 0 spiro atoms. The van der Waals surface area contributed by atoms with Gasteiger partial charge in [-0.15, -0.1) is 5.10 Å². The number of halogens is 3. The molecule has 0 atom stereocenters. The van der Waals surface area contributed by atoms with Gasteiger partial charge in [-0.1, -0.05) is 30.9 Å². The van der Waals surface area contributed by atoms with Crippen molar-refractivity contribution >= 4 is 11.9 Å². The number of alkyl halides is 3. The number of nitrogens with zero attached hydrogens (tertiary/aromatic N) is 4. The highest BCUT2D eigenvalue weighted by Gasteiger charge is 2.38. The molecule has 1 aromatic rings.